The molecule has 0 spiro atoms. The Bertz CT molecular complexity index is 186. The molecule has 0 amide bonds. The maximum atomic E-state index is 6.13. The largest absolute Gasteiger partial charge is 0.376 e. The van der Waals surface area contributed by atoms with Crippen LogP contribution < -0.4 is 5.73 Å². The van der Waals surface area contributed by atoms with Gasteiger partial charge in [-0.05, 0) is 26.7 Å². The van der Waals surface area contributed by atoms with E-state index in [0.717, 1.165) is 26.0 Å². The number of nitrogens with zero attached hydrogens (tertiary/aromatic N) is 1. The van der Waals surface area contributed by atoms with Crippen molar-refractivity contribution in [2.24, 2.45) is 5.73 Å². The lowest BCUT2D eigenvalue weighted by atomic mass is 10.0. The predicted octanol–water partition coefficient (Wildman–Crippen LogP) is 1.61. The van der Waals surface area contributed by atoms with E-state index < -0.39 is 0 Å². The van der Waals surface area contributed by atoms with E-state index in [1.165, 1.54) is 0 Å². The van der Waals surface area contributed by atoms with E-state index in [4.69, 9.17) is 10.5 Å². The van der Waals surface area contributed by atoms with Crippen LogP contribution >= 0.6 is 0 Å². The van der Waals surface area contributed by atoms with E-state index >= 15 is 0 Å². The Balaban J connectivity index is 2.61. The van der Waals surface area contributed by atoms with Crippen LogP contribution in [0.4, 0.5) is 0 Å². The topological polar surface area (TPSA) is 38.5 Å². The van der Waals surface area contributed by atoms with E-state index in [1.54, 1.807) is 0 Å². The number of hydrogen-bond acceptors (Lipinski definition) is 3. The lowest BCUT2D eigenvalue weighted by Crippen LogP contribution is -2.57. The van der Waals surface area contributed by atoms with Crippen LogP contribution in [-0.4, -0.2) is 42.3 Å². The van der Waals surface area contributed by atoms with Gasteiger partial charge in [0.15, 0.2) is 0 Å². The van der Waals surface area contributed by atoms with E-state index in [2.05, 4.69) is 32.6 Å². The minimum atomic E-state index is 0.282. The highest BCUT2D eigenvalue weighted by Gasteiger charge is 2.30. The van der Waals surface area contributed by atoms with Gasteiger partial charge in [0.2, 0.25) is 0 Å². The van der Waals surface area contributed by atoms with Crippen molar-refractivity contribution in [2.45, 2.75) is 64.8 Å². The fourth-order valence-corrected chi connectivity index (χ4v) is 2.31. The molecule has 4 unspecified atom stereocenters. The lowest BCUT2D eigenvalue weighted by molar-refractivity contribution is -0.0732. The molecule has 15 heavy (non-hydrogen) atoms. The minimum Gasteiger partial charge on any atom is -0.376 e. The molecule has 1 aliphatic heterocycles. The van der Waals surface area contributed by atoms with Gasteiger partial charge in [0.05, 0.1) is 12.7 Å². The van der Waals surface area contributed by atoms with Crippen LogP contribution in [0.15, 0.2) is 0 Å². The van der Waals surface area contributed by atoms with E-state index in [-0.39, 0.29) is 6.04 Å². The van der Waals surface area contributed by atoms with Crippen molar-refractivity contribution in [3.63, 3.8) is 0 Å². The van der Waals surface area contributed by atoms with Crippen molar-refractivity contribution in [1.82, 2.24) is 4.90 Å². The highest BCUT2D eigenvalue weighted by atomic mass is 16.5. The lowest BCUT2D eigenvalue weighted by Gasteiger charge is -2.43. The van der Waals surface area contributed by atoms with Crippen molar-refractivity contribution in [1.29, 1.82) is 0 Å². The van der Waals surface area contributed by atoms with Crippen molar-refractivity contribution >= 4 is 0 Å². The van der Waals surface area contributed by atoms with Gasteiger partial charge in [-0.2, -0.15) is 0 Å². The maximum Gasteiger partial charge on any atom is 0.0674 e. The number of morpholine rings is 1. The first-order chi connectivity index (χ1) is 7.10. The molecule has 0 aromatic carbocycles. The highest BCUT2D eigenvalue weighted by molar-refractivity contribution is 4.86. The molecule has 3 nitrogen and oxygen atoms in total. The summed E-state index contributed by atoms with van der Waals surface area (Å²) in [6.45, 7) is 10.6. The molecule has 0 aliphatic carbocycles. The second-order valence-corrected chi connectivity index (χ2v) is 4.72. The Labute approximate surface area is 94.0 Å². The molecule has 3 heteroatoms. The van der Waals surface area contributed by atoms with Crippen molar-refractivity contribution < 1.29 is 4.74 Å². The summed E-state index contributed by atoms with van der Waals surface area (Å²) in [6, 6.07) is 1.30. The molecule has 0 saturated carbocycles. The molecular formula is C12H26N2O. The second-order valence-electron chi connectivity index (χ2n) is 4.72. The van der Waals surface area contributed by atoms with Gasteiger partial charge in [-0.3, -0.25) is 4.90 Å². The van der Waals surface area contributed by atoms with E-state index in [0.29, 0.717) is 18.2 Å². The van der Waals surface area contributed by atoms with Gasteiger partial charge < -0.3 is 10.5 Å². The molecule has 1 fully saturated rings. The van der Waals surface area contributed by atoms with Gasteiger partial charge in [-0.1, -0.05) is 13.8 Å². The van der Waals surface area contributed by atoms with Crippen molar-refractivity contribution in [2.75, 3.05) is 13.2 Å². The molecule has 2 N–H and O–H groups in total. The van der Waals surface area contributed by atoms with Crippen LogP contribution in [0.1, 0.15) is 40.5 Å². The molecular weight excluding hydrogens is 188 g/mol. The molecule has 1 rings (SSSR count). The molecule has 0 aromatic rings. The summed E-state index contributed by atoms with van der Waals surface area (Å²) in [5.41, 5.74) is 6.13. The standard InChI is InChI=1S/C12H26N2O/c1-5-11-8-15-9(3)7-14(11)10(4)12(13)6-2/h9-12H,5-8,13H2,1-4H3. The Morgan fingerprint density at radius 1 is 1.47 bits per heavy atom. The first kappa shape index (κ1) is 12.9. The first-order valence-electron chi connectivity index (χ1n) is 6.23. The molecule has 0 aromatic heterocycles. The monoisotopic (exact) mass is 214 g/mol. The maximum absolute atomic E-state index is 6.13. The Morgan fingerprint density at radius 2 is 2.13 bits per heavy atom. The van der Waals surface area contributed by atoms with Crippen LogP contribution in [0.25, 0.3) is 0 Å². The summed E-state index contributed by atoms with van der Waals surface area (Å²) < 4.78 is 5.69. The normalized spacial score (nSPS) is 32.6. The number of hydrogen-bond donors (Lipinski definition) is 1. The quantitative estimate of drug-likeness (QED) is 0.772. The van der Waals surface area contributed by atoms with Crippen LogP contribution in [0, 0.1) is 0 Å². The molecule has 0 radical (unpaired) electrons. The molecule has 0 bridgehead atoms. The van der Waals surface area contributed by atoms with Crippen molar-refractivity contribution in [3.05, 3.63) is 0 Å². The SMILES string of the molecule is CCC(N)C(C)N1CC(C)OCC1CC. The zero-order chi connectivity index (χ0) is 11.4. The van der Waals surface area contributed by atoms with E-state index in [9.17, 15) is 0 Å². The number of ether oxygens (including phenoxy) is 1. The fraction of sp³-hybridized carbons (Fsp3) is 1.00. The summed E-state index contributed by atoms with van der Waals surface area (Å²) in [5.74, 6) is 0. The Morgan fingerprint density at radius 3 is 2.67 bits per heavy atom. The summed E-state index contributed by atoms with van der Waals surface area (Å²) in [4.78, 5) is 2.53. The average Bonchev–Trinajstić information content (AvgIpc) is 2.27. The zero-order valence-electron chi connectivity index (χ0n) is 10.6. The molecule has 1 saturated heterocycles. The van der Waals surface area contributed by atoms with Crippen LogP contribution in [0.2, 0.25) is 0 Å². The summed E-state index contributed by atoms with van der Waals surface area (Å²) in [7, 11) is 0. The Kier molecular flexibility index (Phi) is 5.03. The predicted molar refractivity (Wildman–Crippen MR) is 63.9 cm³/mol. The molecule has 4 atom stereocenters. The van der Waals surface area contributed by atoms with Gasteiger partial charge in [-0.15, -0.1) is 0 Å². The second kappa shape index (κ2) is 5.83. The third-order valence-corrected chi connectivity index (χ3v) is 3.60. The van der Waals surface area contributed by atoms with Gasteiger partial charge in [0.25, 0.3) is 0 Å². The average molecular weight is 214 g/mol. The van der Waals surface area contributed by atoms with Gasteiger partial charge in [-0.25, -0.2) is 0 Å². The first-order valence-corrected chi connectivity index (χ1v) is 6.23. The number of rotatable bonds is 4. The highest BCUT2D eigenvalue weighted by Crippen LogP contribution is 2.19. The molecule has 1 aliphatic rings. The van der Waals surface area contributed by atoms with Crippen LogP contribution in [0.5, 0.6) is 0 Å². The van der Waals surface area contributed by atoms with Crippen molar-refractivity contribution in [3.8, 4) is 0 Å². The third kappa shape index (κ3) is 3.16. The number of nitrogens with two attached hydrogens (primary N) is 1. The van der Waals surface area contributed by atoms with Crippen LogP contribution in [0.3, 0.4) is 0 Å². The summed E-state index contributed by atoms with van der Waals surface area (Å²) in [6.07, 6.45) is 2.54. The zero-order valence-corrected chi connectivity index (χ0v) is 10.6. The van der Waals surface area contributed by atoms with Gasteiger partial charge in [0, 0.05) is 24.7 Å². The van der Waals surface area contributed by atoms with E-state index in [1.807, 2.05) is 0 Å². The smallest absolute Gasteiger partial charge is 0.0674 e. The van der Waals surface area contributed by atoms with Gasteiger partial charge >= 0.3 is 0 Å². The Hall–Kier alpha value is -0.120. The minimum absolute atomic E-state index is 0.282. The summed E-state index contributed by atoms with van der Waals surface area (Å²) in [5, 5.41) is 0. The molecule has 1 heterocycles. The fourth-order valence-electron chi connectivity index (χ4n) is 2.31. The van der Waals surface area contributed by atoms with Crippen LogP contribution in [-0.2, 0) is 4.74 Å². The third-order valence-electron chi connectivity index (χ3n) is 3.60. The van der Waals surface area contributed by atoms with Gasteiger partial charge in [0.1, 0.15) is 0 Å². The molecule has 90 valence electrons. The summed E-state index contributed by atoms with van der Waals surface area (Å²) >= 11 is 0.